The van der Waals surface area contributed by atoms with Crippen LogP contribution in [0.3, 0.4) is 0 Å². The van der Waals surface area contributed by atoms with Gasteiger partial charge in [-0.25, -0.2) is 0 Å². The van der Waals surface area contributed by atoms with Gasteiger partial charge in [0.25, 0.3) is 0 Å². The second kappa shape index (κ2) is 6.81. The summed E-state index contributed by atoms with van der Waals surface area (Å²) in [5.41, 5.74) is 0. The lowest BCUT2D eigenvalue weighted by Crippen LogP contribution is -1.65. The Morgan fingerprint density at radius 2 is 2.43 bits per heavy atom. The molecule has 36 valence electrons. The lowest BCUT2D eigenvalue weighted by atomic mass is 10.4. The minimum atomic E-state index is -0.155. The third kappa shape index (κ3) is 6.81. The van der Waals surface area contributed by atoms with Crippen molar-refractivity contribution in [2.24, 2.45) is 0 Å². The van der Waals surface area contributed by atoms with Gasteiger partial charge in [-0.05, 0) is 6.42 Å². The molecule has 0 heterocycles. The van der Waals surface area contributed by atoms with Crippen molar-refractivity contribution in [2.45, 2.75) is 19.8 Å². The standard InChI is InChI=1S/C5H7.BrH.Mg/c1-3-5-4-2;;/h3,5H2,1H3;1H;/q;;+1/p-1. The van der Waals surface area contributed by atoms with Crippen molar-refractivity contribution in [3.8, 4) is 9.97 Å². The van der Waals surface area contributed by atoms with Crippen molar-refractivity contribution >= 4 is 31.1 Å². The van der Waals surface area contributed by atoms with E-state index in [1.807, 2.05) is 0 Å². The van der Waals surface area contributed by atoms with Crippen molar-refractivity contribution in [2.75, 3.05) is 0 Å². The highest BCUT2D eigenvalue weighted by molar-refractivity contribution is 9.23. The third-order valence-corrected chi connectivity index (χ3v) is 1.79. The lowest BCUT2D eigenvalue weighted by Gasteiger charge is -1.73. The summed E-state index contributed by atoms with van der Waals surface area (Å²) in [5, 5.41) is 0. The van der Waals surface area contributed by atoms with Crippen LogP contribution in [0.5, 0.6) is 0 Å². The topological polar surface area (TPSA) is 0 Å². The molecule has 0 spiro atoms. The molecule has 0 amide bonds. The van der Waals surface area contributed by atoms with Crippen molar-refractivity contribution in [3.05, 3.63) is 0 Å². The van der Waals surface area contributed by atoms with E-state index in [9.17, 15) is 0 Å². The van der Waals surface area contributed by atoms with Gasteiger partial charge in [-0.2, -0.15) is 0 Å². The molecule has 0 bridgehead atoms. The number of unbranched alkanes of at least 4 members (excludes halogenated alkanes) is 1. The molecule has 0 saturated heterocycles. The molecule has 0 aromatic carbocycles. The van der Waals surface area contributed by atoms with E-state index in [0.717, 1.165) is 6.42 Å². The first kappa shape index (κ1) is 7.81. The van der Waals surface area contributed by atoms with E-state index < -0.39 is 0 Å². The predicted molar refractivity (Wildman–Crippen MR) is 37.4 cm³/mol. The molecule has 0 aliphatic rings. The van der Waals surface area contributed by atoms with E-state index in [1.54, 1.807) is 0 Å². The Balaban J connectivity index is 2.91. The highest BCUT2D eigenvalue weighted by Crippen LogP contribution is 1.80. The number of hydrogen-bond donors (Lipinski definition) is 0. The molecule has 0 nitrogen and oxygen atoms in total. The van der Waals surface area contributed by atoms with Crippen molar-refractivity contribution in [1.82, 2.24) is 0 Å². The minimum Gasteiger partial charge on any atom is -0.277 e. The third-order valence-electron chi connectivity index (χ3n) is 0.567. The van der Waals surface area contributed by atoms with E-state index in [-0.39, 0.29) is 18.2 Å². The van der Waals surface area contributed by atoms with Crippen molar-refractivity contribution < 1.29 is 0 Å². The van der Waals surface area contributed by atoms with Crippen LogP contribution < -0.4 is 0 Å². The monoisotopic (exact) mass is 170 g/mol. The van der Waals surface area contributed by atoms with Gasteiger partial charge in [0.1, 0.15) is 0 Å². The molecule has 0 aliphatic heterocycles. The van der Waals surface area contributed by atoms with Gasteiger partial charge in [-0.3, -0.25) is 16.9 Å². The van der Waals surface area contributed by atoms with E-state index in [0.29, 0.717) is 0 Å². The zero-order chi connectivity index (χ0) is 5.54. The molecule has 0 radical (unpaired) electrons. The largest absolute Gasteiger partial charge is 0.569 e. The summed E-state index contributed by atoms with van der Waals surface area (Å²) in [7, 11) is 0. The molecular weight excluding hydrogens is 164 g/mol. The van der Waals surface area contributed by atoms with Gasteiger partial charge in [0.2, 0.25) is 0 Å². The van der Waals surface area contributed by atoms with Crippen LogP contribution >= 0.6 is 12.9 Å². The number of hydrogen-bond acceptors (Lipinski definition) is 0. The highest BCUT2D eigenvalue weighted by atomic mass is 79.9. The highest BCUT2D eigenvalue weighted by Gasteiger charge is 1.73. The molecule has 7 heavy (non-hydrogen) atoms. The first-order valence-corrected chi connectivity index (χ1v) is 7.04. The predicted octanol–water partition coefficient (Wildman–Crippen LogP) is 1.76. The Bertz CT molecular complexity index is 79.8. The van der Waals surface area contributed by atoms with Crippen LogP contribution in [-0.2, 0) is 0 Å². The fraction of sp³-hybridized carbons (Fsp3) is 0.600. The summed E-state index contributed by atoms with van der Waals surface area (Å²) in [6.07, 6.45) is 2.26. The van der Waals surface area contributed by atoms with Crippen molar-refractivity contribution in [3.63, 3.8) is 0 Å². The van der Waals surface area contributed by atoms with Crippen LogP contribution in [0.25, 0.3) is 0 Å². The Hall–Kier alpha value is 0.806. The van der Waals surface area contributed by atoms with Crippen LogP contribution in [0, 0.1) is 9.97 Å². The van der Waals surface area contributed by atoms with Gasteiger partial charge in [0.15, 0.2) is 0 Å². The Labute approximate surface area is 60.6 Å². The zero-order valence-electron chi connectivity index (χ0n) is 4.50. The molecule has 0 aliphatic carbocycles. The second-order valence-corrected chi connectivity index (χ2v) is 3.54. The molecule has 0 saturated carbocycles. The fourth-order valence-corrected chi connectivity index (χ4v) is 1.13. The maximum Gasteiger partial charge on any atom is 0.569 e. The summed E-state index contributed by atoms with van der Waals surface area (Å²) in [5.74, 6) is 3.05. The van der Waals surface area contributed by atoms with Gasteiger partial charge >= 0.3 is 18.2 Å². The van der Waals surface area contributed by atoms with Gasteiger partial charge in [0.05, 0.1) is 0 Å². The quantitative estimate of drug-likeness (QED) is 0.416. The first-order valence-electron chi connectivity index (χ1n) is 2.43. The zero-order valence-corrected chi connectivity index (χ0v) is 7.50. The molecule has 0 N–H and O–H groups in total. The number of halogens is 1. The molecule has 0 rings (SSSR count). The smallest absolute Gasteiger partial charge is 0.277 e. The molecule has 0 unspecified atom stereocenters. The molecule has 2 heteroatoms. The lowest BCUT2D eigenvalue weighted by molar-refractivity contribution is 0.984. The summed E-state index contributed by atoms with van der Waals surface area (Å²) in [4.78, 5) is 0. The van der Waals surface area contributed by atoms with E-state index >= 15 is 0 Å². The second-order valence-electron chi connectivity index (χ2n) is 1.24. The minimum absolute atomic E-state index is 0.155. The summed E-state index contributed by atoms with van der Waals surface area (Å²) >= 11 is 3.19. The van der Waals surface area contributed by atoms with Gasteiger partial charge in [0, 0.05) is 6.42 Å². The van der Waals surface area contributed by atoms with Crippen LogP contribution in [-0.4, -0.2) is 18.2 Å². The summed E-state index contributed by atoms with van der Waals surface area (Å²) < 4.78 is 3.05. The van der Waals surface area contributed by atoms with Crippen LogP contribution in [0.15, 0.2) is 0 Å². The molecular formula is C5H7BrMg. The molecule has 0 aromatic rings. The number of rotatable bonds is 1. The maximum absolute atomic E-state index is 3.34. The van der Waals surface area contributed by atoms with Gasteiger partial charge < -0.3 is 0 Å². The average molecular weight is 171 g/mol. The summed E-state index contributed by atoms with van der Waals surface area (Å²) in [6.45, 7) is 2.14. The van der Waals surface area contributed by atoms with Gasteiger partial charge in [-0.15, -0.1) is 5.92 Å². The van der Waals surface area contributed by atoms with Crippen LogP contribution in [0.1, 0.15) is 19.8 Å². The van der Waals surface area contributed by atoms with Crippen molar-refractivity contribution in [1.29, 1.82) is 0 Å². The molecule has 0 atom stereocenters. The Kier molecular flexibility index (Phi) is 7.59. The average Bonchev–Trinajstić information content (AvgIpc) is 1.69. The van der Waals surface area contributed by atoms with Crippen LogP contribution in [0.4, 0.5) is 0 Å². The fourth-order valence-electron chi connectivity index (χ4n) is 0.261. The molecule has 0 fully saturated rings. The van der Waals surface area contributed by atoms with E-state index in [2.05, 4.69) is 29.8 Å². The van der Waals surface area contributed by atoms with E-state index in [4.69, 9.17) is 0 Å². The normalized spacial score (nSPS) is 6.00. The van der Waals surface area contributed by atoms with Gasteiger partial charge in [-0.1, -0.05) is 6.92 Å². The van der Waals surface area contributed by atoms with E-state index in [1.165, 1.54) is 6.42 Å². The Morgan fingerprint density at radius 3 is 2.86 bits per heavy atom. The SMILES string of the molecule is CCCC#[C][Mg][Br]. The first-order chi connectivity index (χ1) is 3.41. The summed E-state index contributed by atoms with van der Waals surface area (Å²) in [6, 6.07) is 0. The van der Waals surface area contributed by atoms with Crippen LogP contribution in [0.2, 0.25) is 0 Å². The Morgan fingerprint density at radius 1 is 1.71 bits per heavy atom. The maximum atomic E-state index is 3.34. The molecule has 0 aromatic heterocycles.